The third-order valence-corrected chi connectivity index (χ3v) is 4.58. The van der Waals surface area contributed by atoms with Gasteiger partial charge in [0.25, 0.3) is 0 Å². The maximum Gasteiger partial charge on any atom is 0.573 e. The van der Waals surface area contributed by atoms with Crippen LogP contribution in [0.5, 0.6) is 11.5 Å². The second kappa shape index (κ2) is 9.06. The molecule has 0 bridgehead atoms. The lowest BCUT2D eigenvalue weighted by Gasteiger charge is -2.29. The maximum absolute atomic E-state index is 12.6. The molecule has 0 atom stereocenters. The number of halogens is 3. The lowest BCUT2D eigenvalue weighted by Crippen LogP contribution is -2.38. The highest BCUT2D eigenvalue weighted by molar-refractivity contribution is 5.97. The van der Waals surface area contributed by atoms with Crippen LogP contribution in [-0.4, -0.2) is 43.3 Å². The Morgan fingerprint density at radius 1 is 1.10 bits per heavy atom. The van der Waals surface area contributed by atoms with Crippen molar-refractivity contribution in [1.82, 2.24) is 4.90 Å². The van der Waals surface area contributed by atoms with Crippen LogP contribution in [0.1, 0.15) is 18.4 Å². The molecule has 160 valence electrons. The summed E-state index contributed by atoms with van der Waals surface area (Å²) in [4.78, 5) is 28.0. The van der Waals surface area contributed by atoms with E-state index in [0.717, 1.165) is 0 Å². The molecule has 0 aliphatic carbocycles. The summed E-state index contributed by atoms with van der Waals surface area (Å²) in [6.07, 6.45) is -4.66. The number of carbonyl (C=O) groups is 2. The number of alkyl halides is 3. The first kappa shape index (κ1) is 21.5. The average Bonchev–Trinajstić information content (AvgIpc) is 2.71. The summed E-state index contributed by atoms with van der Waals surface area (Å²) in [5.74, 6) is -0.0863. The summed E-state index contributed by atoms with van der Waals surface area (Å²) in [7, 11) is 1.58. The number of para-hydroxylation sites is 2. The molecule has 0 saturated heterocycles. The fourth-order valence-corrected chi connectivity index (χ4v) is 3.13. The molecule has 2 amide bonds. The molecule has 0 saturated carbocycles. The van der Waals surface area contributed by atoms with E-state index in [4.69, 9.17) is 4.74 Å². The number of carbonyl (C=O) groups excluding carboxylic acids is 2. The molecule has 0 fully saturated rings. The van der Waals surface area contributed by atoms with Crippen molar-refractivity contribution in [1.29, 1.82) is 0 Å². The van der Waals surface area contributed by atoms with Gasteiger partial charge in [-0.2, -0.15) is 0 Å². The van der Waals surface area contributed by atoms with Crippen LogP contribution in [-0.2, 0) is 16.1 Å². The minimum absolute atomic E-state index is 0.0319. The molecular weight excluding hydrogens is 401 g/mol. The number of fused-ring (bicyclic) bond motifs is 1. The Labute approximate surface area is 171 Å². The summed E-state index contributed by atoms with van der Waals surface area (Å²) in [6.45, 7) is 1.02. The van der Waals surface area contributed by atoms with Gasteiger partial charge in [0.05, 0.1) is 12.2 Å². The molecule has 0 unspecified atom stereocenters. The number of nitrogens with zero attached hydrogens (tertiary/aromatic N) is 2. The van der Waals surface area contributed by atoms with E-state index in [1.165, 1.54) is 29.2 Å². The van der Waals surface area contributed by atoms with Gasteiger partial charge in [-0.1, -0.05) is 24.3 Å². The van der Waals surface area contributed by atoms with Crippen molar-refractivity contribution >= 4 is 17.5 Å². The quantitative estimate of drug-likeness (QED) is 0.712. The molecule has 1 aliphatic heterocycles. The van der Waals surface area contributed by atoms with Gasteiger partial charge >= 0.3 is 6.36 Å². The fraction of sp³-hybridized carbons (Fsp3) is 0.333. The molecule has 2 aromatic rings. The van der Waals surface area contributed by atoms with Crippen molar-refractivity contribution in [3.63, 3.8) is 0 Å². The van der Waals surface area contributed by atoms with Crippen LogP contribution >= 0.6 is 0 Å². The second-order valence-electron chi connectivity index (χ2n) is 6.80. The topological polar surface area (TPSA) is 59.1 Å². The van der Waals surface area contributed by atoms with Crippen LogP contribution in [0.3, 0.4) is 0 Å². The first-order chi connectivity index (χ1) is 14.2. The molecule has 9 heteroatoms. The smallest absolute Gasteiger partial charge is 0.490 e. The SMILES string of the molecule is CN(Cc1ccc(OC(F)(F)F)cc1)C(=O)CCC(=O)N1CCOc2ccccc21. The lowest BCUT2D eigenvalue weighted by molar-refractivity contribution is -0.274. The molecule has 0 spiro atoms. The first-order valence-electron chi connectivity index (χ1n) is 9.34. The normalized spacial score (nSPS) is 13.3. The Hall–Kier alpha value is -3.23. The van der Waals surface area contributed by atoms with Crippen LogP contribution in [0.2, 0.25) is 0 Å². The highest BCUT2D eigenvalue weighted by Gasteiger charge is 2.31. The van der Waals surface area contributed by atoms with Crippen molar-refractivity contribution in [3.05, 3.63) is 54.1 Å². The Morgan fingerprint density at radius 3 is 2.50 bits per heavy atom. The fourth-order valence-electron chi connectivity index (χ4n) is 3.13. The predicted octanol–water partition coefficient (Wildman–Crippen LogP) is 3.75. The van der Waals surface area contributed by atoms with Crippen molar-refractivity contribution in [2.45, 2.75) is 25.7 Å². The zero-order valence-electron chi connectivity index (χ0n) is 16.3. The number of ether oxygens (including phenoxy) is 2. The van der Waals surface area contributed by atoms with Gasteiger partial charge in [-0.25, -0.2) is 0 Å². The van der Waals surface area contributed by atoms with Gasteiger partial charge < -0.3 is 19.3 Å². The lowest BCUT2D eigenvalue weighted by atomic mass is 10.1. The Kier molecular flexibility index (Phi) is 6.49. The zero-order chi connectivity index (χ0) is 21.7. The molecule has 0 aromatic heterocycles. The standard InChI is InChI=1S/C21H21F3N2O4/c1-25(14-15-6-8-16(9-7-15)30-21(22,23)24)19(27)10-11-20(28)26-12-13-29-18-5-3-2-4-17(18)26/h2-9H,10-14H2,1H3. The summed E-state index contributed by atoms with van der Waals surface area (Å²) in [5.41, 5.74) is 1.34. The van der Waals surface area contributed by atoms with Gasteiger partial charge in [0.2, 0.25) is 11.8 Å². The van der Waals surface area contributed by atoms with E-state index in [1.807, 2.05) is 12.1 Å². The van der Waals surface area contributed by atoms with E-state index in [-0.39, 0.29) is 37.0 Å². The average molecular weight is 422 g/mol. The van der Waals surface area contributed by atoms with Crippen molar-refractivity contribution in [3.8, 4) is 11.5 Å². The van der Waals surface area contributed by atoms with Crippen molar-refractivity contribution in [2.24, 2.45) is 0 Å². The Balaban J connectivity index is 1.51. The summed E-state index contributed by atoms with van der Waals surface area (Å²) >= 11 is 0. The maximum atomic E-state index is 12.6. The monoisotopic (exact) mass is 422 g/mol. The van der Waals surface area contributed by atoms with Crippen LogP contribution in [0.15, 0.2) is 48.5 Å². The molecule has 1 heterocycles. The zero-order valence-corrected chi connectivity index (χ0v) is 16.3. The van der Waals surface area contributed by atoms with E-state index in [2.05, 4.69) is 4.74 Å². The number of amides is 2. The Morgan fingerprint density at radius 2 is 1.80 bits per heavy atom. The predicted molar refractivity (Wildman–Crippen MR) is 103 cm³/mol. The van der Waals surface area contributed by atoms with Gasteiger partial charge in [-0.3, -0.25) is 9.59 Å². The van der Waals surface area contributed by atoms with Crippen LogP contribution in [0.25, 0.3) is 0 Å². The number of anilines is 1. The van der Waals surface area contributed by atoms with E-state index in [1.54, 1.807) is 24.1 Å². The second-order valence-corrected chi connectivity index (χ2v) is 6.80. The van der Waals surface area contributed by atoms with Crippen LogP contribution in [0.4, 0.5) is 18.9 Å². The summed E-state index contributed by atoms with van der Waals surface area (Å²) in [5, 5.41) is 0. The highest BCUT2D eigenvalue weighted by Crippen LogP contribution is 2.31. The van der Waals surface area contributed by atoms with Gasteiger partial charge in [-0.15, -0.1) is 13.2 Å². The number of hydrogen-bond acceptors (Lipinski definition) is 4. The van der Waals surface area contributed by atoms with Crippen molar-refractivity contribution in [2.75, 3.05) is 25.1 Å². The molecular formula is C21H21F3N2O4. The largest absolute Gasteiger partial charge is 0.573 e. The third kappa shape index (κ3) is 5.65. The molecule has 0 radical (unpaired) electrons. The number of hydrogen-bond donors (Lipinski definition) is 0. The minimum atomic E-state index is -4.75. The molecule has 30 heavy (non-hydrogen) atoms. The van der Waals surface area contributed by atoms with E-state index < -0.39 is 6.36 Å². The summed E-state index contributed by atoms with van der Waals surface area (Å²) < 4.78 is 46.0. The minimum Gasteiger partial charge on any atom is -0.490 e. The molecule has 6 nitrogen and oxygen atoms in total. The molecule has 0 N–H and O–H groups in total. The number of rotatable bonds is 6. The van der Waals surface area contributed by atoms with Gasteiger partial charge in [-0.05, 0) is 29.8 Å². The Bertz CT molecular complexity index is 900. The van der Waals surface area contributed by atoms with Gasteiger partial charge in [0.1, 0.15) is 18.1 Å². The third-order valence-electron chi connectivity index (χ3n) is 4.58. The molecule has 1 aliphatic rings. The van der Waals surface area contributed by atoms with E-state index >= 15 is 0 Å². The van der Waals surface area contributed by atoms with E-state index in [0.29, 0.717) is 30.2 Å². The first-order valence-corrected chi connectivity index (χ1v) is 9.34. The van der Waals surface area contributed by atoms with Crippen LogP contribution in [0, 0.1) is 0 Å². The number of benzene rings is 2. The summed E-state index contributed by atoms with van der Waals surface area (Å²) in [6, 6.07) is 12.5. The highest BCUT2D eigenvalue weighted by atomic mass is 19.4. The van der Waals surface area contributed by atoms with E-state index in [9.17, 15) is 22.8 Å². The van der Waals surface area contributed by atoms with Gasteiger partial charge in [0, 0.05) is 26.4 Å². The molecule has 2 aromatic carbocycles. The van der Waals surface area contributed by atoms with Crippen LogP contribution < -0.4 is 14.4 Å². The van der Waals surface area contributed by atoms with Gasteiger partial charge in [0.15, 0.2) is 0 Å². The van der Waals surface area contributed by atoms with Crippen molar-refractivity contribution < 1.29 is 32.2 Å². The molecule has 3 rings (SSSR count).